The Morgan fingerprint density at radius 1 is 1.50 bits per heavy atom. The van der Waals surface area contributed by atoms with Gasteiger partial charge in [-0.1, -0.05) is 0 Å². The number of hydrogen-bond donors (Lipinski definition) is 2. The molecule has 0 aliphatic heterocycles. The first-order valence-corrected chi connectivity index (χ1v) is 3.59. The molecule has 4 nitrogen and oxygen atoms in total. The van der Waals surface area contributed by atoms with Crippen LogP contribution in [0.2, 0.25) is 0 Å². The maximum atomic E-state index is 5.47. The maximum absolute atomic E-state index is 5.47. The Hall–Kier alpha value is -1.71. The van der Waals surface area contributed by atoms with E-state index in [1.165, 1.54) is 0 Å². The zero-order valence-electron chi connectivity index (χ0n) is 6.66. The summed E-state index contributed by atoms with van der Waals surface area (Å²) in [5.74, 6) is 1.23. The van der Waals surface area contributed by atoms with Crippen molar-refractivity contribution < 1.29 is 4.74 Å². The van der Waals surface area contributed by atoms with Crippen molar-refractivity contribution in [2.75, 3.05) is 12.8 Å². The van der Waals surface area contributed by atoms with Gasteiger partial charge in [-0.25, -0.2) is 4.98 Å². The molecule has 3 N–H and O–H groups in total. The Morgan fingerprint density at radius 2 is 2.33 bits per heavy atom. The van der Waals surface area contributed by atoms with Gasteiger partial charge in [-0.2, -0.15) is 0 Å². The Balaban J connectivity index is 2.66. The summed E-state index contributed by atoms with van der Waals surface area (Å²) < 4.78 is 5.04. The van der Waals surface area contributed by atoms with Gasteiger partial charge in [-0.15, -0.1) is 0 Å². The lowest BCUT2D eigenvalue weighted by Gasteiger charge is -1.96. The first-order valence-electron chi connectivity index (χ1n) is 3.59. The highest BCUT2D eigenvalue weighted by Crippen LogP contribution is 2.18. The Labute approximate surface area is 69.4 Å². The summed E-state index contributed by atoms with van der Waals surface area (Å²) in [5.41, 5.74) is 7.22. The van der Waals surface area contributed by atoms with Gasteiger partial charge in [-0.3, -0.25) is 0 Å². The third-order valence-electron chi connectivity index (χ3n) is 1.71. The van der Waals surface area contributed by atoms with Crippen molar-refractivity contribution in [3.8, 4) is 5.75 Å². The van der Waals surface area contributed by atoms with E-state index in [9.17, 15) is 0 Å². The minimum Gasteiger partial charge on any atom is -0.497 e. The van der Waals surface area contributed by atoms with Gasteiger partial charge in [0.1, 0.15) is 5.75 Å². The lowest BCUT2D eigenvalue weighted by Crippen LogP contribution is -1.84. The molecule has 2 rings (SSSR count). The number of hydrogen-bond acceptors (Lipinski definition) is 3. The molecule has 4 heteroatoms. The van der Waals surface area contributed by atoms with Gasteiger partial charge < -0.3 is 15.5 Å². The second-order valence-electron chi connectivity index (χ2n) is 2.51. The molecular formula is C8H9N3O. The number of nitrogens with two attached hydrogens (primary N) is 1. The molecule has 1 aromatic carbocycles. The van der Waals surface area contributed by atoms with Crippen LogP contribution in [-0.4, -0.2) is 17.1 Å². The molecule has 0 saturated heterocycles. The highest BCUT2D eigenvalue weighted by Gasteiger charge is 1.99. The first kappa shape index (κ1) is 6.97. The van der Waals surface area contributed by atoms with Gasteiger partial charge in [0.15, 0.2) is 5.95 Å². The largest absolute Gasteiger partial charge is 0.497 e. The fraction of sp³-hybridized carbons (Fsp3) is 0.125. The molecule has 0 spiro atoms. The van der Waals surface area contributed by atoms with E-state index < -0.39 is 0 Å². The fourth-order valence-electron chi connectivity index (χ4n) is 1.14. The summed E-state index contributed by atoms with van der Waals surface area (Å²) in [6.07, 6.45) is 0. The zero-order chi connectivity index (χ0) is 8.55. The summed E-state index contributed by atoms with van der Waals surface area (Å²) in [6, 6.07) is 5.57. The molecule has 0 atom stereocenters. The van der Waals surface area contributed by atoms with Gasteiger partial charge in [0, 0.05) is 6.07 Å². The molecular weight excluding hydrogens is 154 g/mol. The molecule has 0 bridgehead atoms. The van der Waals surface area contributed by atoms with Crippen LogP contribution in [0.25, 0.3) is 11.0 Å². The van der Waals surface area contributed by atoms with E-state index in [2.05, 4.69) is 9.97 Å². The number of methoxy groups -OCH3 is 1. The summed E-state index contributed by atoms with van der Waals surface area (Å²) in [4.78, 5) is 6.98. The predicted octanol–water partition coefficient (Wildman–Crippen LogP) is 1.15. The van der Waals surface area contributed by atoms with Crippen LogP contribution in [-0.2, 0) is 0 Å². The van der Waals surface area contributed by atoms with Crippen LogP contribution in [0.15, 0.2) is 18.2 Å². The number of nitrogens with zero attached hydrogens (tertiary/aromatic N) is 1. The molecule has 0 aliphatic rings. The first-order chi connectivity index (χ1) is 5.79. The number of aromatic nitrogens is 2. The highest BCUT2D eigenvalue weighted by molar-refractivity contribution is 5.78. The second kappa shape index (κ2) is 2.41. The van der Waals surface area contributed by atoms with Gasteiger partial charge in [0.2, 0.25) is 0 Å². The molecule has 0 amide bonds. The molecule has 0 saturated carbocycles. The van der Waals surface area contributed by atoms with E-state index >= 15 is 0 Å². The lowest BCUT2D eigenvalue weighted by atomic mass is 10.3. The van der Waals surface area contributed by atoms with E-state index in [1.807, 2.05) is 18.2 Å². The van der Waals surface area contributed by atoms with Crippen molar-refractivity contribution >= 4 is 17.0 Å². The van der Waals surface area contributed by atoms with Crippen molar-refractivity contribution in [1.29, 1.82) is 0 Å². The number of nitrogens with one attached hydrogen (secondary N) is 1. The zero-order valence-corrected chi connectivity index (χ0v) is 6.66. The minimum atomic E-state index is 0.429. The van der Waals surface area contributed by atoms with Crippen LogP contribution < -0.4 is 10.5 Å². The minimum absolute atomic E-state index is 0.429. The van der Waals surface area contributed by atoms with Crippen LogP contribution in [0.3, 0.4) is 0 Å². The number of ether oxygens (including phenoxy) is 1. The quantitative estimate of drug-likeness (QED) is 0.662. The van der Waals surface area contributed by atoms with Crippen LogP contribution in [0, 0.1) is 0 Å². The number of rotatable bonds is 1. The maximum Gasteiger partial charge on any atom is 0.198 e. The Morgan fingerprint density at radius 3 is 3.08 bits per heavy atom. The number of nitrogen functional groups attached to an aromatic ring is 1. The lowest BCUT2D eigenvalue weighted by molar-refractivity contribution is 0.415. The van der Waals surface area contributed by atoms with Gasteiger partial charge in [0.25, 0.3) is 0 Å². The average molecular weight is 163 g/mol. The van der Waals surface area contributed by atoms with E-state index in [4.69, 9.17) is 10.5 Å². The smallest absolute Gasteiger partial charge is 0.198 e. The normalized spacial score (nSPS) is 10.4. The molecule has 0 unspecified atom stereocenters. The summed E-state index contributed by atoms with van der Waals surface area (Å²) >= 11 is 0. The number of benzene rings is 1. The van der Waals surface area contributed by atoms with Crippen molar-refractivity contribution in [2.45, 2.75) is 0 Å². The average Bonchev–Trinajstić information content (AvgIpc) is 2.43. The molecule has 62 valence electrons. The molecule has 2 aromatic rings. The molecule has 0 fully saturated rings. The third-order valence-corrected chi connectivity index (χ3v) is 1.71. The predicted molar refractivity (Wildman–Crippen MR) is 47.1 cm³/mol. The number of fused-ring (bicyclic) bond motifs is 1. The number of imidazole rings is 1. The van der Waals surface area contributed by atoms with Crippen LogP contribution >= 0.6 is 0 Å². The molecule has 1 heterocycles. The molecule has 0 aliphatic carbocycles. The summed E-state index contributed by atoms with van der Waals surface area (Å²) in [7, 11) is 1.63. The highest BCUT2D eigenvalue weighted by atomic mass is 16.5. The number of H-pyrrole nitrogens is 1. The van der Waals surface area contributed by atoms with Crippen molar-refractivity contribution in [1.82, 2.24) is 9.97 Å². The molecule has 0 radical (unpaired) electrons. The summed E-state index contributed by atoms with van der Waals surface area (Å²) in [5, 5.41) is 0. The molecule has 12 heavy (non-hydrogen) atoms. The number of aromatic amines is 1. The van der Waals surface area contributed by atoms with E-state index in [1.54, 1.807) is 7.11 Å². The topological polar surface area (TPSA) is 63.9 Å². The fourth-order valence-corrected chi connectivity index (χ4v) is 1.14. The monoisotopic (exact) mass is 163 g/mol. The van der Waals surface area contributed by atoms with Crippen molar-refractivity contribution in [2.24, 2.45) is 0 Å². The van der Waals surface area contributed by atoms with Crippen LogP contribution in [0.4, 0.5) is 5.95 Å². The second-order valence-corrected chi connectivity index (χ2v) is 2.51. The van der Waals surface area contributed by atoms with Crippen LogP contribution in [0.1, 0.15) is 0 Å². The third kappa shape index (κ3) is 0.972. The van der Waals surface area contributed by atoms with Crippen molar-refractivity contribution in [3.05, 3.63) is 18.2 Å². The SMILES string of the molecule is COc1ccc2nc(N)[nH]c2c1. The van der Waals surface area contributed by atoms with E-state index in [0.29, 0.717) is 5.95 Å². The standard InChI is InChI=1S/C8H9N3O/c1-12-5-2-3-6-7(4-5)11-8(9)10-6/h2-4H,1H3,(H3,9,10,11). The summed E-state index contributed by atoms with van der Waals surface area (Å²) in [6.45, 7) is 0. The van der Waals surface area contributed by atoms with Crippen LogP contribution in [0.5, 0.6) is 5.75 Å². The van der Waals surface area contributed by atoms with Crippen molar-refractivity contribution in [3.63, 3.8) is 0 Å². The Bertz CT molecular complexity index is 408. The van der Waals surface area contributed by atoms with E-state index in [0.717, 1.165) is 16.8 Å². The van der Waals surface area contributed by atoms with Gasteiger partial charge in [0.05, 0.1) is 18.1 Å². The number of anilines is 1. The van der Waals surface area contributed by atoms with Gasteiger partial charge >= 0.3 is 0 Å². The Kier molecular flexibility index (Phi) is 1.40. The van der Waals surface area contributed by atoms with Gasteiger partial charge in [-0.05, 0) is 12.1 Å². The van der Waals surface area contributed by atoms with E-state index in [-0.39, 0.29) is 0 Å². The molecule has 1 aromatic heterocycles.